The van der Waals surface area contributed by atoms with Crippen LogP contribution in [0, 0.1) is 0 Å². The molecular weight excluding hydrogens is 817 g/mol. The molecule has 0 unspecified atom stereocenters. The molecule has 0 heteroatoms. The van der Waals surface area contributed by atoms with Crippen molar-refractivity contribution in [2.45, 2.75) is 0 Å². The largest absolute Gasteiger partial charge is 0.0616 e. The summed E-state index contributed by atoms with van der Waals surface area (Å²) in [5.41, 5.74) is 12.3. The van der Waals surface area contributed by atoms with Gasteiger partial charge in [0, 0.05) is 0 Å². The lowest BCUT2D eigenvalue weighted by atomic mass is 9.86. The highest BCUT2D eigenvalue weighted by Gasteiger charge is 2.17. The zero-order valence-electron chi connectivity index (χ0n) is 37.2. The van der Waals surface area contributed by atoms with Gasteiger partial charge >= 0.3 is 0 Å². The molecule has 0 saturated carbocycles. The fourth-order valence-electron chi connectivity index (χ4n) is 11.3. The molecule has 14 aromatic carbocycles. The highest BCUT2D eigenvalue weighted by molar-refractivity contribution is 6.21. The SMILES string of the molecule is c1ccc2c(c1)cc(-c1ccc(-c3ccc4c(c3)cc(-c3cc5ccccc5c5ccccc35)c3cc(-c5ccc(-c6cc7ccccc7c7ccccc67)cc5)ccc34)cc1)c1ccccc12. The van der Waals surface area contributed by atoms with E-state index < -0.39 is 0 Å². The van der Waals surface area contributed by atoms with Crippen LogP contribution < -0.4 is 0 Å². The lowest BCUT2D eigenvalue weighted by molar-refractivity contribution is 1.62. The molecule has 0 aliphatic rings. The van der Waals surface area contributed by atoms with Gasteiger partial charge in [-0.25, -0.2) is 0 Å². The molecule has 0 fully saturated rings. The highest BCUT2D eigenvalue weighted by atomic mass is 14.2. The molecule has 68 heavy (non-hydrogen) atoms. The van der Waals surface area contributed by atoms with Crippen molar-refractivity contribution in [1.29, 1.82) is 0 Å². The maximum atomic E-state index is 2.45. The third-order valence-electron chi connectivity index (χ3n) is 14.6. The molecular formula is C68H42. The Kier molecular flexibility index (Phi) is 8.69. The highest BCUT2D eigenvalue weighted by Crippen LogP contribution is 2.44. The molecule has 0 saturated heterocycles. The van der Waals surface area contributed by atoms with Crippen LogP contribution in [0.5, 0.6) is 0 Å². The summed E-state index contributed by atoms with van der Waals surface area (Å²) in [6.07, 6.45) is 0. The Bertz CT molecular complexity index is 4340. The third-order valence-corrected chi connectivity index (χ3v) is 14.6. The van der Waals surface area contributed by atoms with Gasteiger partial charge in [0.1, 0.15) is 0 Å². The van der Waals surface area contributed by atoms with Gasteiger partial charge in [0.25, 0.3) is 0 Å². The minimum Gasteiger partial charge on any atom is -0.0616 e. The number of benzene rings is 14. The molecule has 0 bridgehead atoms. The topological polar surface area (TPSA) is 0 Å². The van der Waals surface area contributed by atoms with E-state index in [1.54, 1.807) is 0 Å². The maximum absolute atomic E-state index is 2.45. The van der Waals surface area contributed by atoms with Crippen molar-refractivity contribution in [2.24, 2.45) is 0 Å². The fourth-order valence-corrected chi connectivity index (χ4v) is 11.3. The van der Waals surface area contributed by atoms with E-state index >= 15 is 0 Å². The molecule has 0 aromatic heterocycles. The predicted octanol–water partition coefficient (Wildman–Crippen LogP) is 19.2. The van der Waals surface area contributed by atoms with Crippen molar-refractivity contribution in [3.63, 3.8) is 0 Å². The smallest absolute Gasteiger partial charge is 0.00923 e. The first-order valence-corrected chi connectivity index (χ1v) is 23.6. The second kappa shape index (κ2) is 15.4. The summed E-state index contributed by atoms with van der Waals surface area (Å²) in [5.74, 6) is 0. The van der Waals surface area contributed by atoms with Crippen molar-refractivity contribution in [3.8, 4) is 55.6 Å². The molecule has 14 rings (SSSR count). The van der Waals surface area contributed by atoms with Crippen LogP contribution in [-0.4, -0.2) is 0 Å². The number of fused-ring (bicyclic) bond motifs is 12. The molecule has 0 atom stereocenters. The Morgan fingerprint density at radius 1 is 0.132 bits per heavy atom. The van der Waals surface area contributed by atoms with Gasteiger partial charge in [-0.1, -0.05) is 218 Å². The van der Waals surface area contributed by atoms with E-state index in [4.69, 9.17) is 0 Å². The third kappa shape index (κ3) is 6.15. The molecule has 14 aromatic rings. The van der Waals surface area contributed by atoms with Crippen molar-refractivity contribution in [1.82, 2.24) is 0 Å². The van der Waals surface area contributed by atoms with Gasteiger partial charge in [0.05, 0.1) is 0 Å². The zero-order valence-corrected chi connectivity index (χ0v) is 37.2. The Morgan fingerprint density at radius 2 is 0.412 bits per heavy atom. The summed E-state index contributed by atoms with van der Waals surface area (Å²) in [5, 5.41) is 20.3. The average Bonchev–Trinajstić information content (AvgIpc) is 3.42. The summed E-state index contributed by atoms with van der Waals surface area (Å²) < 4.78 is 0. The van der Waals surface area contributed by atoms with Gasteiger partial charge in [-0.05, 0) is 178 Å². The normalized spacial score (nSPS) is 11.8. The molecule has 0 aliphatic carbocycles. The summed E-state index contributed by atoms with van der Waals surface area (Å²) in [4.78, 5) is 0. The van der Waals surface area contributed by atoms with Gasteiger partial charge in [0.2, 0.25) is 0 Å². The van der Waals surface area contributed by atoms with Crippen LogP contribution in [0.15, 0.2) is 255 Å². The first-order chi connectivity index (χ1) is 33.7. The van der Waals surface area contributed by atoms with Crippen LogP contribution in [0.2, 0.25) is 0 Å². The lowest BCUT2D eigenvalue weighted by Gasteiger charge is -2.17. The first-order valence-electron chi connectivity index (χ1n) is 23.6. The van der Waals surface area contributed by atoms with Crippen LogP contribution >= 0.6 is 0 Å². The molecule has 0 heterocycles. The lowest BCUT2D eigenvalue weighted by Crippen LogP contribution is -1.90. The minimum absolute atomic E-state index is 1.20. The Morgan fingerprint density at radius 3 is 0.882 bits per heavy atom. The van der Waals surface area contributed by atoms with E-state index in [1.165, 1.54) is 142 Å². The van der Waals surface area contributed by atoms with E-state index in [2.05, 4.69) is 255 Å². The Balaban J connectivity index is 0.914. The van der Waals surface area contributed by atoms with Gasteiger partial charge in [-0.15, -0.1) is 0 Å². The number of rotatable bonds is 5. The molecule has 0 amide bonds. The van der Waals surface area contributed by atoms with E-state index in [0.717, 1.165) is 0 Å². The summed E-state index contributed by atoms with van der Waals surface area (Å²) in [6, 6.07) is 94.8. The standard InChI is InChI=1S/C68H42/c1-4-16-53-49(13-1)39-64(60-22-10-7-19-57(53)60)45-29-25-43(26-30-45)47-33-35-56-52(37-47)42-68(67-41-51-15-3-6-18-55(51)59-21-9-12-24-62(59)67)66-38-48(34-36-63(56)66)44-27-31-46(32-28-44)65-40-50-14-2-5-17-54(50)58-20-8-11-23-61(58)65/h1-42H. The van der Waals surface area contributed by atoms with Crippen molar-refractivity contribution in [2.75, 3.05) is 0 Å². The van der Waals surface area contributed by atoms with E-state index in [0.29, 0.717) is 0 Å². The van der Waals surface area contributed by atoms with Crippen molar-refractivity contribution in [3.05, 3.63) is 255 Å². The van der Waals surface area contributed by atoms with Crippen LogP contribution in [0.25, 0.3) is 142 Å². The van der Waals surface area contributed by atoms with Crippen LogP contribution in [-0.2, 0) is 0 Å². The molecule has 0 aliphatic heterocycles. The van der Waals surface area contributed by atoms with Crippen LogP contribution in [0.4, 0.5) is 0 Å². The molecule has 0 N–H and O–H groups in total. The second-order valence-electron chi connectivity index (χ2n) is 18.3. The van der Waals surface area contributed by atoms with Crippen molar-refractivity contribution < 1.29 is 0 Å². The number of hydrogen-bond donors (Lipinski definition) is 0. The monoisotopic (exact) mass is 858 g/mol. The summed E-state index contributed by atoms with van der Waals surface area (Å²) in [7, 11) is 0. The quantitative estimate of drug-likeness (QED) is 0.151. The summed E-state index contributed by atoms with van der Waals surface area (Å²) in [6.45, 7) is 0. The molecule has 0 nitrogen and oxygen atoms in total. The van der Waals surface area contributed by atoms with Gasteiger partial charge in [-0.3, -0.25) is 0 Å². The van der Waals surface area contributed by atoms with E-state index in [1.807, 2.05) is 0 Å². The average molecular weight is 859 g/mol. The van der Waals surface area contributed by atoms with Crippen molar-refractivity contribution >= 4 is 86.2 Å². The van der Waals surface area contributed by atoms with E-state index in [-0.39, 0.29) is 0 Å². The van der Waals surface area contributed by atoms with E-state index in [9.17, 15) is 0 Å². The van der Waals surface area contributed by atoms with Crippen LogP contribution in [0.1, 0.15) is 0 Å². The molecule has 0 spiro atoms. The maximum Gasteiger partial charge on any atom is -0.00923 e. The predicted molar refractivity (Wildman–Crippen MR) is 294 cm³/mol. The van der Waals surface area contributed by atoms with Gasteiger partial charge in [0.15, 0.2) is 0 Å². The Hall–Kier alpha value is -8.84. The Labute approximate surface area is 394 Å². The molecule has 314 valence electrons. The minimum atomic E-state index is 1.20. The van der Waals surface area contributed by atoms with Gasteiger partial charge in [-0.2, -0.15) is 0 Å². The number of hydrogen-bond acceptors (Lipinski definition) is 0. The first kappa shape index (κ1) is 38.4. The van der Waals surface area contributed by atoms with Gasteiger partial charge < -0.3 is 0 Å². The molecule has 0 radical (unpaired) electrons. The second-order valence-corrected chi connectivity index (χ2v) is 18.3. The summed E-state index contributed by atoms with van der Waals surface area (Å²) >= 11 is 0. The van der Waals surface area contributed by atoms with Crippen LogP contribution in [0.3, 0.4) is 0 Å². The zero-order chi connectivity index (χ0) is 44.7. The fraction of sp³-hybridized carbons (Fsp3) is 0.